The first-order valence-electron chi connectivity index (χ1n) is 3.47. The first-order chi connectivity index (χ1) is 4.63. The van der Waals surface area contributed by atoms with Gasteiger partial charge in [-0.25, -0.2) is 0 Å². The van der Waals surface area contributed by atoms with Gasteiger partial charge in [0, 0.05) is 12.4 Å². The third-order valence-electron chi connectivity index (χ3n) is 1.06. The molecule has 0 atom stereocenters. The van der Waals surface area contributed by atoms with Gasteiger partial charge in [0.1, 0.15) is 0 Å². The van der Waals surface area contributed by atoms with Crippen LogP contribution in [0.3, 0.4) is 0 Å². The summed E-state index contributed by atoms with van der Waals surface area (Å²) in [5.74, 6) is -0.419. The van der Waals surface area contributed by atoms with E-state index < -0.39 is 5.97 Å². The van der Waals surface area contributed by atoms with Crippen LogP contribution in [-0.2, 0) is 4.79 Å². The Balaban J connectivity index is 3.29. The minimum absolute atomic E-state index is 0.0344. The van der Waals surface area contributed by atoms with Crippen molar-refractivity contribution in [3.8, 4) is 0 Å². The highest BCUT2D eigenvalue weighted by Crippen LogP contribution is 1.99. The lowest BCUT2D eigenvalue weighted by molar-refractivity contribution is -0.304. The molecule has 0 aliphatic rings. The predicted octanol–water partition coefficient (Wildman–Crippen LogP) is 0.729. The zero-order valence-corrected chi connectivity index (χ0v) is 6.46. The third kappa shape index (κ3) is 7.21. The SMILES string of the molecule is CC(C)CC=CCC(=O)[O-]. The zero-order chi connectivity index (χ0) is 7.98. The smallest absolute Gasteiger partial charge is 0.0452 e. The van der Waals surface area contributed by atoms with Crippen LogP contribution in [0.4, 0.5) is 0 Å². The van der Waals surface area contributed by atoms with E-state index in [1.165, 1.54) is 0 Å². The van der Waals surface area contributed by atoms with Gasteiger partial charge in [0.2, 0.25) is 0 Å². The summed E-state index contributed by atoms with van der Waals surface area (Å²) in [6.45, 7) is 4.17. The number of carbonyl (C=O) groups excluding carboxylic acids is 1. The summed E-state index contributed by atoms with van der Waals surface area (Å²) in [4.78, 5) is 9.88. The van der Waals surface area contributed by atoms with Crippen molar-refractivity contribution in [3.05, 3.63) is 12.2 Å². The van der Waals surface area contributed by atoms with Crippen molar-refractivity contribution < 1.29 is 9.90 Å². The van der Waals surface area contributed by atoms with Gasteiger partial charge >= 0.3 is 0 Å². The second-order valence-corrected chi connectivity index (χ2v) is 2.68. The molecule has 0 saturated heterocycles. The van der Waals surface area contributed by atoms with Crippen LogP contribution < -0.4 is 5.11 Å². The topological polar surface area (TPSA) is 40.1 Å². The second-order valence-electron chi connectivity index (χ2n) is 2.68. The Morgan fingerprint density at radius 3 is 2.50 bits per heavy atom. The monoisotopic (exact) mass is 141 g/mol. The fourth-order valence-corrected chi connectivity index (χ4v) is 0.548. The molecule has 0 radical (unpaired) electrons. The molecule has 0 saturated carbocycles. The average molecular weight is 141 g/mol. The molecule has 58 valence electrons. The molecule has 0 fully saturated rings. The Morgan fingerprint density at radius 1 is 1.50 bits per heavy atom. The van der Waals surface area contributed by atoms with E-state index in [0.29, 0.717) is 5.92 Å². The quantitative estimate of drug-likeness (QED) is 0.541. The maximum Gasteiger partial charge on any atom is 0.0452 e. The highest BCUT2D eigenvalue weighted by Gasteiger charge is 1.86. The fourth-order valence-electron chi connectivity index (χ4n) is 0.548. The molecule has 0 aromatic carbocycles. The van der Waals surface area contributed by atoms with E-state index in [1.807, 2.05) is 6.08 Å². The maximum atomic E-state index is 9.88. The van der Waals surface area contributed by atoms with Crippen molar-refractivity contribution in [3.63, 3.8) is 0 Å². The Labute approximate surface area is 61.6 Å². The minimum Gasteiger partial charge on any atom is -0.550 e. The number of carbonyl (C=O) groups is 1. The molecule has 0 rings (SSSR count). The molecule has 0 aromatic heterocycles. The lowest BCUT2D eigenvalue weighted by Crippen LogP contribution is -2.20. The maximum absolute atomic E-state index is 9.88. The van der Waals surface area contributed by atoms with Crippen molar-refractivity contribution in [2.75, 3.05) is 0 Å². The molecular weight excluding hydrogens is 128 g/mol. The molecule has 0 bridgehead atoms. The molecule has 0 aromatic rings. The molecule has 10 heavy (non-hydrogen) atoms. The first kappa shape index (κ1) is 9.21. The summed E-state index contributed by atoms with van der Waals surface area (Å²) in [6.07, 6.45) is 4.48. The summed E-state index contributed by atoms with van der Waals surface area (Å²) in [5.41, 5.74) is 0. The summed E-state index contributed by atoms with van der Waals surface area (Å²) in [6, 6.07) is 0. The van der Waals surface area contributed by atoms with Crippen molar-refractivity contribution in [1.82, 2.24) is 0 Å². The van der Waals surface area contributed by atoms with E-state index in [9.17, 15) is 9.90 Å². The molecule has 0 amide bonds. The summed E-state index contributed by atoms with van der Waals surface area (Å²) >= 11 is 0. The molecule has 0 N–H and O–H groups in total. The van der Waals surface area contributed by atoms with E-state index in [0.717, 1.165) is 6.42 Å². The number of aliphatic carboxylic acids is 1. The minimum atomic E-state index is -1.01. The average Bonchev–Trinajstić information content (AvgIpc) is 1.79. The molecule has 0 aliphatic carbocycles. The van der Waals surface area contributed by atoms with Crippen LogP contribution in [-0.4, -0.2) is 5.97 Å². The van der Waals surface area contributed by atoms with Gasteiger partial charge in [-0.3, -0.25) is 0 Å². The molecule has 0 unspecified atom stereocenters. The molecule has 0 spiro atoms. The van der Waals surface area contributed by atoms with Gasteiger partial charge in [-0.2, -0.15) is 0 Å². The first-order valence-corrected chi connectivity index (χ1v) is 3.47. The highest BCUT2D eigenvalue weighted by atomic mass is 16.4. The number of carboxylic acid groups (broad SMARTS) is 1. The van der Waals surface area contributed by atoms with Crippen molar-refractivity contribution >= 4 is 5.97 Å². The molecule has 2 heteroatoms. The molecular formula is C8H13O2-. The van der Waals surface area contributed by atoms with Crippen molar-refractivity contribution in [2.24, 2.45) is 5.92 Å². The van der Waals surface area contributed by atoms with Crippen LogP contribution in [0.2, 0.25) is 0 Å². The predicted molar refractivity (Wildman–Crippen MR) is 38.2 cm³/mol. The van der Waals surface area contributed by atoms with Gasteiger partial charge in [0.25, 0.3) is 0 Å². The lowest BCUT2D eigenvalue weighted by Gasteiger charge is -1.97. The molecule has 0 aliphatic heterocycles. The number of carboxylic acids is 1. The van der Waals surface area contributed by atoms with E-state index in [1.54, 1.807) is 6.08 Å². The Kier molecular flexibility index (Phi) is 4.63. The van der Waals surface area contributed by atoms with Gasteiger partial charge in [-0.1, -0.05) is 26.0 Å². The Morgan fingerprint density at radius 2 is 2.10 bits per heavy atom. The van der Waals surface area contributed by atoms with Gasteiger partial charge in [-0.05, 0) is 12.3 Å². The van der Waals surface area contributed by atoms with E-state index in [4.69, 9.17) is 0 Å². The summed E-state index contributed by atoms with van der Waals surface area (Å²) in [7, 11) is 0. The van der Waals surface area contributed by atoms with Gasteiger partial charge in [-0.15, -0.1) is 0 Å². The van der Waals surface area contributed by atoms with Crippen LogP contribution >= 0.6 is 0 Å². The number of hydrogen-bond acceptors (Lipinski definition) is 2. The number of rotatable bonds is 4. The standard InChI is InChI=1S/C8H14O2/c1-7(2)5-3-4-6-8(9)10/h3-4,7H,5-6H2,1-2H3,(H,9,10)/p-1. The lowest BCUT2D eigenvalue weighted by atomic mass is 10.1. The van der Waals surface area contributed by atoms with E-state index in [2.05, 4.69) is 13.8 Å². The van der Waals surface area contributed by atoms with Crippen LogP contribution in [0.5, 0.6) is 0 Å². The number of hydrogen-bond donors (Lipinski definition) is 0. The van der Waals surface area contributed by atoms with Crippen LogP contribution in [0.1, 0.15) is 26.7 Å². The van der Waals surface area contributed by atoms with Crippen molar-refractivity contribution in [1.29, 1.82) is 0 Å². The van der Waals surface area contributed by atoms with Gasteiger partial charge in [0.05, 0.1) is 0 Å². The second kappa shape index (κ2) is 5.03. The van der Waals surface area contributed by atoms with Crippen LogP contribution in [0.15, 0.2) is 12.2 Å². The Hall–Kier alpha value is -0.790. The van der Waals surface area contributed by atoms with E-state index in [-0.39, 0.29) is 6.42 Å². The highest BCUT2D eigenvalue weighted by molar-refractivity contribution is 5.66. The summed E-state index contributed by atoms with van der Waals surface area (Å²) in [5, 5.41) is 9.88. The third-order valence-corrected chi connectivity index (χ3v) is 1.06. The fraction of sp³-hybridized carbons (Fsp3) is 0.625. The molecule has 2 nitrogen and oxygen atoms in total. The van der Waals surface area contributed by atoms with E-state index >= 15 is 0 Å². The largest absolute Gasteiger partial charge is 0.550 e. The zero-order valence-electron chi connectivity index (χ0n) is 6.46. The van der Waals surface area contributed by atoms with Crippen LogP contribution in [0.25, 0.3) is 0 Å². The van der Waals surface area contributed by atoms with Crippen molar-refractivity contribution in [2.45, 2.75) is 26.7 Å². The summed E-state index contributed by atoms with van der Waals surface area (Å²) < 4.78 is 0. The number of allylic oxidation sites excluding steroid dienone is 1. The van der Waals surface area contributed by atoms with Gasteiger partial charge in [0.15, 0.2) is 0 Å². The Bertz CT molecular complexity index is 125. The molecule has 0 heterocycles. The normalized spacial score (nSPS) is 11.1. The van der Waals surface area contributed by atoms with Crippen LogP contribution in [0, 0.1) is 5.92 Å². The van der Waals surface area contributed by atoms with Gasteiger partial charge < -0.3 is 9.90 Å².